The number of hydrogen-bond acceptors (Lipinski definition) is 0. The number of rotatable bonds is 0. The molecular weight excluding hydrogens is 178 g/mol. The molecule has 7 heteroatoms. The molecule has 0 unspecified atom stereocenters. The fourth-order valence-corrected chi connectivity index (χ4v) is 0.186. The fraction of sp³-hybridized carbons (Fsp3) is 1.00. The first-order valence-electron chi connectivity index (χ1n) is 2.00. The van der Waals surface area contributed by atoms with Gasteiger partial charge in [0, 0.05) is 0 Å². The molecule has 3 radical (unpaired) electrons. The normalized spacial score (nSPS) is 14.4. The van der Waals surface area contributed by atoms with Crippen molar-refractivity contribution in [3.63, 3.8) is 0 Å². The molecule has 0 aromatic heterocycles. The Hall–Kier alpha value is -0.203. The van der Waals surface area contributed by atoms with Gasteiger partial charge in [-0.15, -0.1) is 0 Å². The van der Waals surface area contributed by atoms with E-state index in [1.807, 2.05) is 0 Å². The van der Waals surface area contributed by atoms with Gasteiger partial charge in [0.05, 0.1) is 10.2 Å². The van der Waals surface area contributed by atoms with E-state index in [2.05, 4.69) is 0 Å². The highest BCUT2D eigenvalue weighted by molar-refractivity contribution is 6.12. The molecule has 59 valence electrons. The van der Waals surface area contributed by atoms with Crippen molar-refractivity contribution < 1.29 is 26.3 Å². The minimum atomic E-state index is -5.27. The second kappa shape index (κ2) is 2.44. The lowest BCUT2D eigenvalue weighted by atomic mass is 10.4. The van der Waals surface area contributed by atoms with Gasteiger partial charge in [0.25, 0.3) is 0 Å². The van der Waals surface area contributed by atoms with Crippen LogP contribution in [0.1, 0.15) is 0 Å². The van der Waals surface area contributed by atoms with Gasteiger partial charge in [-0.25, -0.2) is 0 Å². The summed E-state index contributed by atoms with van der Waals surface area (Å²) in [6.45, 7) is 0. The molecule has 0 amide bonds. The summed E-state index contributed by atoms with van der Waals surface area (Å²) in [6, 6.07) is 0. The molecule has 0 aromatic rings. The van der Waals surface area contributed by atoms with E-state index in [-0.39, 0.29) is 0 Å². The van der Waals surface area contributed by atoms with E-state index in [1.54, 1.807) is 0 Å². The lowest BCUT2D eigenvalue weighted by Gasteiger charge is -2.17. The topological polar surface area (TPSA) is 0 Å². The standard InChI is InChI=1S/C3HF6Si/c4-2(5,6)1(10)3(7,8)9/h1H. The first-order chi connectivity index (χ1) is 4.15. The second-order valence-electron chi connectivity index (χ2n) is 1.52. The van der Waals surface area contributed by atoms with Crippen LogP contribution in [0.3, 0.4) is 0 Å². The van der Waals surface area contributed by atoms with E-state index in [0.29, 0.717) is 0 Å². The van der Waals surface area contributed by atoms with Gasteiger partial charge in [-0.1, -0.05) is 0 Å². The highest BCUT2D eigenvalue weighted by atomic mass is 28.1. The van der Waals surface area contributed by atoms with E-state index in [4.69, 9.17) is 0 Å². The third-order valence-electron chi connectivity index (χ3n) is 0.655. The summed E-state index contributed by atoms with van der Waals surface area (Å²) in [7, 11) is 1.52. The predicted molar refractivity (Wildman–Crippen MR) is 21.6 cm³/mol. The smallest absolute Gasteiger partial charge is 0.171 e. The summed E-state index contributed by atoms with van der Waals surface area (Å²) in [5.41, 5.74) is -3.43. The van der Waals surface area contributed by atoms with Crippen molar-refractivity contribution >= 4 is 10.2 Å². The van der Waals surface area contributed by atoms with Crippen LogP contribution in [0.25, 0.3) is 0 Å². The lowest BCUT2D eigenvalue weighted by Crippen LogP contribution is -2.30. The molecule has 0 saturated carbocycles. The van der Waals surface area contributed by atoms with E-state index in [9.17, 15) is 26.3 Å². The Morgan fingerprint density at radius 1 is 0.800 bits per heavy atom. The SMILES string of the molecule is FC(F)(F)C([Si])C(F)(F)F. The summed E-state index contributed by atoms with van der Waals surface area (Å²) in [5.74, 6) is 0. The average Bonchev–Trinajstić information content (AvgIpc) is 1.59. The molecule has 0 fully saturated rings. The molecule has 0 aliphatic heterocycles. The van der Waals surface area contributed by atoms with Crippen LogP contribution in [0.2, 0.25) is 5.54 Å². The van der Waals surface area contributed by atoms with Crippen molar-refractivity contribution in [2.24, 2.45) is 0 Å². The zero-order valence-electron chi connectivity index (χ0n) is 4.35. The van der Waals surface area contributed by atoms with Crippen LogP contribution in [0.5, 0.6) is 0 Å². The van der Waals surface area contributed by atoms with Crippen LogP contribution in [0.15, 0.2) is 0 Å². The highest BCUT2D eigenvalue weighted by Crippen LogP contribution is 2.41. The van der Waals surface area contributed by atoms with Gasteiger partial charge >= 0.3 is 12.4 Å². The molecule has 0 saturated heterocycles. The second-order valence-corrected chi connectivity index (χ2v) is 2.09. The molecule has 0 aromatic carbocycles. The van der Waals surface area contributed by atoms with Crippen molar-refractivity contribution in [2.45, 2.75) is 17.9 Å². The monoisotopic (exact) mass is 179 g/mol. The van der Waals surface area contributed by atoms with Crippen molar-refractivity contribution in [1.82, 2.24) is 0 Å². The zero-order chi connectivity index (χ0) is 8.58. The Kier molecular flexibility index (Phi) is 2.39. The van der Waals surface area contributed by atoms with Gasteiger partial charge in [0.15, 0.2) is 0 Å². The molecule has 0 aliphatic rings. The van der Waals surface area contributed by atoms with Crippen LogP contribution in [-0.2, 0) is 0 Å². The lowest BCUT2D eigenvalue weighted by molar-refractivity contribution is -0.230. The van der Waals surface area contributed by atoms with Gasteiger partial charge in [0.1, 0.15) is 5.54 Å². The number of hydrogen-bond donors (Lipinski definition) is 0. The van der Waals surface area contributed by atoms with Gasteiger partial charge in [-0.2, -0.15) is 26.3 Å². The fourth-order valence-electron chi connectivity index (χ4n) is 0.186. The van der Waals surface area contributed by atoms with Gasteiger partial charge in [0.2, 0.25) is 0 Å². The van der Waals surface area contributed by atoms with Gasteiger partial charge < -0.3 is 0 Å². The molecule has 0 nitrogen and oxygen atoms in total. The van der Waals surface area contributed by atoms with E-state index in [0.717, 1.165) is 0 Å². The third kappa shape index (κ3) is 2.59. The predicted octanol–water partition coefficient (Wildman–Crippen LogP) is 2.07. The maximum absolute atomic E-state index is 11.2. The third-order valence-corrected chi connectivity index (χ3v) is 1.31. The zero-order valence-corrected chi connectivity index (χ0v) is 5.35. The van der Waals surface area contributed by atoms with Crippen LogP contribution >= 0.6 is 0 Å². The average molecular weight is 179 g/mol. The van der Waals surface area contributed by atoms with Crippen molar-refractivity contribution in [3.8, 4) is 0 Å². The maximum Gasteiger partial charge on any atom is 0.397 e. The number of halogens is 6. The number of alkyl halides is 6. The summed E-state index contributed by atoms with van der Waals surface area (Å²) in [4.78, 5) is 0. The Balaban J connectivity index is 4.23. The Morgan fingerprint density at radius 3 is 1.00 bits per heavy atom. The molecule has 0 N–H and O–H groups in total. The summed E-state index contributed by atoms with van der Waals surface area (Å²) in [6.07, 6.45) is -10.5. The minimum absolute atomic E-state index is 1.52. The van der Waals surface area contributed by atoms with Crippen molar-refractivity contribution in [1.29, 1.82) is 0 Å². The van der Waals surface area contributed by atoms with Gasteiger partial charge in [-0.05, 0) is 0 Å². The van der Waals surface area contributed by atoms with E-state index < -0.39 is 17.9 Å². The van der Waals surface area contributed by atoms with Gasteiger partial charge in [-0.3, -0.25) is 0 Å². The Bertz CT molecular complexity index is 97.1. The molecule has 0 heterocycles. The molecule has 0 bridgehead atoms. The van der Waals surface area contributed by atoms with Crippen LogP contribution < -0.4 is 0 Å². The van der Waals surface area contributed by atoms with Crippen molar-refractivity contribution in [2.75, 3.05) is 0 Å². The highest BCUT2D eigenvalue weighted by Gasteiger charge is 2.53. The Labute approximate surface area is 55.6 Å². The maximum atomic E-state index is 11.2. The summed E-state index contributed by atoms with van der Waals surface area (Å²) >= 11 is 0. The van der Waals surface area contributed by atoms with Crippen LogP contribution in [0, 0.1) is 0 Å². The molecule has 0 rings (SSSR count). The first kappa shape index (κ1) is 9.80. The summed E-state index contributed by atoms with van der Waals surface area (Å²) < 4.78 is 67.1. The quantitative estimate of drug-likeness (QED) is 0.394. The molecular formula is C3HF6Si. The van der Waals surface area contributed by atoms with Crippen LogP contribution in [-0.4, -0.2) is 22.6 Å². The largest absolute Gasteiger partial charge is 0.397 e. The van der Waals surface area contributed by atoms with Crippen LogP contribution in [0.4, 0.5) is 26.3 Å². The first-order valence-corrected chi connectivity index (χ1v) is 2.58. The minimum Gasteiger partial charge on any atom is -0.171 e. The van der Waals surface area contributed by atoms with E-state index in [1.165, 1.54) is 10.2 Å². The van der Waals surface area contributed by atoms with Crippen molar-refractivity contribution in [3.05, 3.63) is 0 Å². The molecule has 0 aliphatic carbocycles. The molecule has 0 atom stereocenters. The molecule has 10 heavy (non-hydrogen) atoms. The Morgan fingerprint density at radius 2 is 1.00 bits per heavy atom. The summed E-state index contributed by atoms with van der Waals surface area (Å²) in [5, 5.41) is 0. The van der Waals surface area contributed by atoms with E-state index >= 15 is 0 Å². The molecule has 0 spiro atoms.